The van der Waals surface area contributed by atoms with Crippen LogP contribution in [-0.4, -0.2) is 19.7 Å². The Hall–Kier alpha value is -2.64. The molecule has 0 unspecified atom stereocenters. The van der Waals surface area contributed by atoms with Crippen molar-refractivity contribution >= 4 is 11.0 Å². The van der Waals surface area contributed by atoms with E-state index in [0.717, 1.165) is 31.7 Å². The maximum Gasteiger partial charge on any atom is 0.417 e. The van der Waals surface area contributed by atoms with Crippen LogP contribution in [0.2, 0.25) is 0 Å². The summed E-state index contributed by atoms with van der Waals surface area (Å²) in [5.74, 6) is -0.0813. The molecule has 1 aliphatic rings. The lowest BCUT2D eigenvalue weighted by Gasteiger charge is -2.13. The maximum atomic E-state index is 13.4. The quantitative estimate of drug-likeness (QED) is 0.733. The van der Waals surface area contributed by atoms with Gasteiger partial charge in [-0.05, 0) is 25.3 Å². The predicted molar refractivity (Wildman–Crippen MR) is 95.5 cm³/mol. The molecule has 0 radical (unpaired) electrons. The molecule has 0 bridgehead atoms. The summed E-state index contributed by atoms with van der Waals surface area (Å²) in [4.78, 5) is 19.7. The molecule has 1 N–H and O–H groups in total. The lowest BCUT2D eigenvalue weighted by Crippen LogP contribution is -2.14. The van der Waals surface area contributed by atoms with Crippen molar-refractivity contribution in [2.75, 3.05) is 0 Å². The van der Waals surface area contributed by atoms with E-state index in [-0.39, 0.29) is 17.4 Å². The van der Waals surface area contributed by atoms with E-state index in [2.05, 4.69) is 15.1 Å². The van der Waals surface area contributed by atoms with Crippen molar-refractivity contribution in [3.05, 3.63) is 45.9 Å². The number of rotatable bonds is 3. The fraction of sp³-hybridized carbons (Fsp3) is 0.421. The number of alkyl halides is 3. The van der Waals surface area contributed by atoms with Gasteiger partial charge in [0.05, 0.1) is 17.3 Å². The third-order valence-corrected chi connectivity index (χ3v) is 5.13. The average molecular weight is 376 g/mol. The number of nitrogens with zero attached hydrogens (tertiary/aromatic N) is 3. The molecule has 1 saturated carbocycles. The highest BCUT2D eigenvalue weighted by molar-refractivity contribution is 5.80. The van der Waals surface area contributed by atoms with E-state index in [4.69, 9.17) is 0 Å². The Labute approximate surface area is 153 Å². The lowest BCUT2D eigenvalue weighted by molar-refractivity contribution is -0.137. The first-order valence-corrected chi connectivity index (χ1v) is 9.08. The van der Waals surface area contributed by atoms with Crippen molar-refractivity contribution < 1.29 is 13.2 Å². The van der Waals surface area contributed by atoms with Crippen molar-refractivity contribution in [3.63, 3.8) is 0 Å². The second-order valence-electron chi connectivity index (χ2n) is 6.84. The van der Waals surface area contributed by atoms with Gasteiger partial charge in [0.25, 0.3) is 5.56 Å². The van der Waals surface area contributed by atoms with Gasteiger partial charge in [-0.2, -0.15) is 18.3 Å². The van der Waals surface area contributed by atoms with Crippen molar-refractivity contribution in [1.82, 2.24) is 19.7 Å². The van der Waals surface area contributed by atoms with Gasteiger partial charge in [-0.25, -0.2) is 9.67 Å². The van der Waals surface area contributed by atoms with E-state index in [1.54, 1.807) is 4.68 Å². The number of hydrogen-bond acceptors (Lipinski definition) is 3. The Morgan fingerprint density at radius 1 is 1.22 bits per heavy atom. The zero-order chi connectivity index (χ0) is 19.2. The Morgan fingerprint density at radius 3 is 2.59 bits per heavy atom. The summed E-state index contributed by atoms with van der Waals surface area (Å²) in [6, 6.07) is 5.27. The summed E-state index contributed by atoms with van der Waals surface area (Å²) in [5, 5.41) is 4.94. The molecule has 142 valence electrons. The highest BCUT2D eigenvalue weighted by Gasteiger charge is 2.34. The summed E-state index contributed by atoms with van der Waals surface area (Å²) >= 11 is 0. The largest absolute Gasteiger partial charge is 0.417 e. The Bertz CT molecular complexity index is 1050. The molecule has 1 aromatic carbocycles. The average Bonchev–Trinajstić information content (AvgIpc) is 3.28. The van der Waals surface area contributed by atoms with Crippen LogP contribution in [0.3, 0.4) is 0 Å². The third-order valence-electron chi connectivity index (χ3n) is 5.13. The molecule has 0 saturated heterocycles. The number of H-pyrrole nitrogens is 1. The van der Waals surface area contributed by atoms with Gasteiger partial charge in [-0.3, -0.25) is 4.79 Å². The standard InChI is InChI=1S/C19H19F3N4O/c1-2-14-15-17(26(25-14)11-7-3-4-8-11)23-16(24-18(15)27)12-9-5-6-10-13(12)19(20,21)22/h5-6,9-11H,2-4,7-8H2,1H3,(H,23,24,27). The van der Waals surface area contributed by atoms with E-state index < -0.39 is 17.3 Å². The smallest absolute Gasteiger partial charge is 0.306 e. The molecule has 1 aliphatic carbocycles. The number of hydrogen-bond donors (Lipinski definition) is 1. The summed E-state index contributed by atoms with van der Waals surface area (Å²) in [7, 11) is 0. The summed E-state index contributed by atoms with van der Waals surface area (Å²) in [5.41, 5.74) is -0.416. The lowest BCUT2D eigenvalue weighted by atomic mass is 10.1. The molecule has 0 atom stereocenters. The monoisotopic (exact) mass is 376 g/mol. The minimum atomic E-state index is -4.54. The molecule has 0 spiro atoms. The van der Waals surface area contributed by atoms with E-state index in [9.17, 15) is 18.0 Å². The van der Waals surface area contributed by atoms with Crippen LogP contribution < -0.4 is 5.56 Å². The molecule has 0 amide bonds. The molecule has 4 rings (SSSR count). The first-order chi connectivity index (χ1) is 12.9. The molecule has 0 aliphatic heterocycles. The molecular formula is C19H19F3N4O. The van der Waals surface area contributed by atoms with Crippen LogP contribution in [0.25, 0.3) is 22.4 Å². The van der Waals surface area contributed by atoms with E-state index in [0.29, 0.717) is 23.1 Å². The summed E-state index contributed by atoms with van der Waals surface area (Å²) in [6.45, 7) is 1.90. The molecular weight excluding hydrogens is 357 g/mol. The van der Waals surface area contributed by atoms with Gasteiger partial charge in [0.1, 0.15) is 11.2 Å². The third kappa shape index (κ3) is 3.02. The Kier molecular flexibility index (Phi) is 4.28. The highest BCUT2D eigenvalue weighted by Crippen LogP contribution is 2.36. The Balaban J connectivity index is 1.97. The van der Waals surface area contributed by atoms with Gasteiger partial charge >= 0.3 is 6.18 Å². The number of aromatic nitrogens is 4. The van der Waals surface area contributed by atoms with Crippen molar-refractivity contribution in [2.24, 2.45) is 0 Å². The zero-order valence-corrected chi connectivity index (χ0v) is 14.8. The first kappa shape index (κ1) is 17.8. The van der Waals surface area contributed by atoms with Gasteiger partial charge in [0, 0.05) is 5.56 Å². The van der Waals surface area contributed by atoms with E-state index in [1.807, 2.05) is 6.92 Å². The number of aryl methyl sites for hydroxylation is 1. The molecule has 8 heteroatoms. The number of benzene rings is 1. The van der Waals surface area contributed by atoms with Crippen LogP contribution in [0.4, 0.5) is 13.2 Å². The van der Waals surface area contributed by atoms with Gasteiger partial charge < -0.3 is 4.98 Å². The molecule has 2 aromatic heterocycles. The maximum absolute atomic E-state index is 13.4. The van der Waals surface area contributed by atoms with Crippen LogP contribution >= 0.6 is 0 Å². The molecule has 27 heavy (non-hydrogen) atoms. The molecule has 2 heterocycles. The minimum Gasteiger partial charge on any atom is -0.306 e. The van der Waals surface area contributed by atoms with Gasteiger partial charge in [0.15, 0.2) is 5.65 Å². The van der Waals surface area contributed by atoms with E-state index in [1.165, 1.54) is 18.2 Å². The number of fused-ring (bicyclic) bond motifs is 1. The molecule has 5 nitrogen and oxygen atoms in total. The fourth-order valence-electron chi connectivity index (χ4n) is 3.83. The summed E-state index contributed by atoms with van der Waals surface area (Å²) in [6.07, 6.45) is 0.0243. The normalized spacial score (nSPS) is 15.7. The first-order valence-electron chi connectivity index (χ1n) is 9.08. The van der Waals surface area contributed by atoms with Gasteiger partial charge in [0.2, 0.25) is 0 Å². The molecule has 1 fully saturated rings. The molecule has 3 aromatic rings. The van der Waals surface area contributed by atoms with Crippen LogP contribution in [-0.2, 0) is 12.6 Å². The minimum absolute atomic E-state index is 0.0813. The second kappa shape index (κ2) is 6.51. The Morgan fingerprint density at radius 2 is 1.93 bits per heavy atom. The number of halogens is 3. The van der Waals surface area contributed by atoms with Crippen LogP contribution in [0, 0.1) is 0 Å². The number of aromatic amines is 1. The van der Waals surface area contributed by atoms with Crippen molar-refractivity contribution in [2.45, 2.75) is 51.2 Å². The second-order valence-corrected chi connectivity index (χ2v) is 6.84. The topological polar surface area (TPSA) is 63.6 Å². The van der Waals surface area contributed by atoms with Crippen molar-refractivity contribution in [1.29, 1.82) is 0 Å². The summed E-state index contributed by atoms with van der Waals surface area (Å²) < 4.78 is 41.9. The van der Waals surface area contributed by atoms with Gasteiger partial charge in [-0.15, -0.1) is 0 Å². The number of nitrogens with one attached hydrogen (secondary N) is 1. The fourth-order valence-corrected chi connectivity index (χ4v) is 3.83. The van der Waals surface area contributed by atoms with Crippen LogP contribution in [0.5, 0.6) is 0 Å². The predicted octanol–water partition coefficient (Wildman–Crippen LogP) is 4.48. The van der Waals surface area contributed by atoms with Crippen LogP contribution in [0.1, 0.15) is 49.9 Å². The van der Waals surface area contributed by atoms with Crippen molar-refractivity contribution in [3.8, 4) is 11.4 Å². The van der Waals surface area contributed by atoms with E-state index >= 15 is 0 Å². The van der Waals surface area contributed by atoms with Crippen LogP contribution in [0.15, 0.2) is 29.1 Å². The SMILES string of the molecule is CCc1nn(C2CCCC2)c2nc(-c3ccccc3C(F)(F)F)[nH]c(=O)c12. The highest BCUT2D eigenvalue weighted by atomic mass is 19.4. The van der Waals surface area contributed by atoms with Gasteiger partial charge in [-0.1, -0.05) is 38.0 Å². The zero-order valence-electron chi connectivity index (χ0n) is 14.8.